The lowest BCUT2D eigenvalue weighted by molar-refractivity contribution is -0.0102. The number of carbonyl (C=O) groups is 1. The lowest BCUT2D eigenvalue weighted by atomic mass is 10.1. The second-order valence-electron chi connectivity index (χ2n) is 4.86. The monoisotopic (exact) mass is 285 g/mol. The molecule has 2 rings (SSSR count). The van der Waals surface area contributed by atoms with Crippen molar-refractivity contribution in [2.24, 2.45) is 0 Å². The average molecular weight is 285 g/mol. The van der Waals surface area contributed by atoms with E-state index in [0.717, 1.165) is 0 Å². The Morgan fingerprint density at radius 3 is 2.95 bits per heavy atom. The molecule has 110 valence electrons. The van der Waals surface area contributed by atoms with Gasteiger partial charge in [-0.2, -0.15) is 0 Å². The quantitative estimate of drug-likeness (QED) is 0.784. The van der Waals surface area contributed by atoms with E-state index in [1.165, 1.54) is 7.11 Å². The van der Waals surface area contributed by atoms with Crippen LogP contribution in [0, 0.1) is 6.90 Å². The Labute approximate surface area is 118 Å². The predicted molar refractivity (Wildman–Crippen MR) is 71.3 cm³/mol. The minimum atomic E-state index is -2.67. The van der Waals surface area contributed by atoms with E-state index >= 15 is 0 Å². The number of halogens is 2. The molecule has 0 amide bonds. The van der Waals surface area contributed by atoms with E-state index in [1.54, 1.807) is 17.0 Å². The van der Waals surface area contributed by atoms with E-state index in [1.807, 2.05) is 0 Å². The first-order chi connectivity index (χ1) is 9.96. The van der Waals surface area contributed by atoms with Crippen LogP contribution < -0.4 is 4.90 Å². The minimum Gasteiger partial charge on any atom is -0.465 e. The molecule has 0 aromatic carbocycles. The summed E-state index contributed by atoms with van der Waals surface area (Å²) in [6, 6.07) is 3.12. The van der Waals surface area contributed by atoms with Crippen molar-refractivity contribution < 1.29 is 19.7 Å². The lowest BCUT2D eigenvalue weighted by Crippen LogP contribution is -2.28. The molecule has 0 atom stereocenters. The van der Waals surface area contributed by atoms with Crippen molar-refractivity contribution in [3.05, 3.63) is 23.4 Å². The van der Waals surface area contributed by atoms with Crippen LogP contribution in [0.2, 0.25) is 0 Å². The molecule has 1 aliphatic rings. The predicted octanol–water partition coefficient (Wildman–Crippen LogP) is 2.80. The molecule has 1 aromatic rings. The lowest BCUT2D eigenvalue weighted by Gasteiger charge is -2.23. The van der Waals surface area contributed by atoms with Crippen molar-refractivity contribution in [1.82, 2.24) is 4.98 Å². The number of ether oxygens (including phenoxy) is 1. The summed E-state index contributed by atoms with van der Waals surface area (Å²) in [5.41, 5.74) is 0.744. The Morgan fingerprint density at radius 2 is 2.25 bits per heavy atom. The van der Waals surface area contributed by atoms with E-state index in [2.05, 4.69) is 4.98 Å². The van der Waals surface area contributed by atoms with Gasteiger partial charge in [0.15, 0.2) is 0 Å². The molecule has 0 radical (unpaired) electrons. The van der Waals surface area contributed by atoms with Gasteiger partial charge < -0.3 is 9.64 Å². The highest BCUT2D eigenvalue weighted by Crippen LogP contribution is 2.30. The summed E-state index contributed by atoms with van der Waals surface area (Å²) < 4.78 is 39.0. The smallest absolute Gasteiger partial charge is 0.341 e. The molecule has 20 heavy (non-hydrogen) atoms. The van der Waals surface area contributed by atoms with E-state index in [0.29, 0.717) is 24.5 Å². The van der Waals surface area contributed by atoms with Crippen LogP contribution in [0.4, 0.5) is 14.6 Å². The van der Waals surface area contributed by atoms with Crippen LogP contribution >= 0.6 is 0 Å². The van der Waals surface area contributed by atoms with Gasteiger partial charge in [0, 0.05) is 33.0 Å². The van der Waals surface area contributed by atoms with Gasteiger partial charge in [0.05, 0.1) is 7.11 Å². The number of nitrogens with zero attached hydrogens (tertiary/aromatic N) is 2. The largest absolute Gasteiger partial charge is 0.465 e. The molecule has 0 aliphatic carbocycles. The number of pyridine rings is 1. The highest BCUT2D eigenvalue weighted by molar-refractivity contribution is 5.94. The number of carbonyl (C=O) groups excluding carboxylic acids is 1. The van der Waals surface area contributed by atoms with Gasteiger partial charge in [-0.05, 0) is 25.5 Å². The number of aromatic nitrogens is 1. The standard InChI is InChI=1S/C14H18F2N2O2/c1-10-4-5-11(13(19)20-2)12(17-10)18-8-3-6-14(15,16)7-9-18/h4-5H,3,6-9H2,1-2H3/i1D. The van der Waals surface area contributed by atoms with Gasteiger partial charge in [-0.25, -0.2) is 18.6 Å². The molecule has 1 aromatic heterocycles. The van der Waals surface area contributed by atoms with Crippen LogP contribution in [0.25, 0.3) is 0 Å². The number of hydrogen-bond acceptors (Lipinski definition) is 4. The Kier molecular flexibility index (Phi) is 3.80. The van der Waals surface area contributed by atoms with Crippen LogP contribution in [0.1, 0.15) is 36.7 Å². The molecule has 6 heteroatoms. The molecule has 0 N–H and O–H groups in total. The third kappa shape index (κ3) is 3.23. The van der Waals surface area contributed by atoms with E-state index in [-0.39, 0.29) is 31.8 Å². The normalized spacial score (nSPS) is 19.1. The van der Waals surface area contributed by atoms with E-state index in [9.17, 15) is 13.6 Å². The zero-order valence-electron chi connectivity index (χ0n) is 12.4. The Balaban J connectivity index is 2.33. The third-order valence-corrected chi connectivity index (χ3v) is 3.36. The van der Waals surface area contributed by atoms with Crippen molar-refractivity contribution in [3.63, 3.8) is 0 Å². The SMILES string of the molecule is [2H]Cc1ccc(C(=O)OC)c(N2CCCC(F)(F)CC2)n1. The van der Waals surface area contributed by atoms with Crippen molar-refractivity contribution in [2.75, 3.05) is 25.1 Å². The molecule has 0 bridgehead atoms. The first-order valence-corrected chi connectivity index (χ1v) is 6.47. The molecular weight excluding hydrogens is 266 g/mol. The molecule has 0 unspecified atom stereocenters. The maximum Gasteiger partial charge on any atom is 0.341 e. The fourth-order valence-corrected chi connectivity index (χ4v) is 2.27. The minimum absolute atomic E-state index is 0.0293. The zero-order valence-corrected chi connectivity index (χ0v) is 11.4. The zero-order chi connectivity index (χ0) is 15.5. The number of methoxy groups -OCH3 is 1. The number of aryl methyl sites for hydroxylation is 1. The van der Waals surface area contributed by atoms with Gasteiger partial charge in [0.2, 0.25) is 5.92 Å². The molecule has 1 aliphatic heterocycles. The Hall–Kier alpha value is -1.72. The van der Waals surface area contributed by atoms with Gasteiger partial charge in [-0.1, -0.05) is 0 Å². The number of rotatable bonds is 2. The van der Waals surface area contributed by atoms with Crippen LogP contribution in [0.15, 0.2) is 12.1 Å². The number of alkyl halides is 2. The second kappa shape index (κ2) is 5.73. The summed E-state index contributed by atoms with van der Waals surface area (Å²) in [5.74, 6) is -2.89. The topological polar surface area (TPSA) is 42.4 Å². The summed E-state index contributed by atoms with van der Waals surface area (Å²) in [6.45, 7) is 0.512. The molecule has 1 saturated heterocycles. The van der Waals surface area contributed by atoms with Crippen molar-refractivity contribution in [2.45, 2.75) is 32.1 Å². The fraction of sp³-hybridized carbons (Fsp3) is 0.571. The molecular formula is C14H18F2N2O2. The Morgan fingerprint density at radius 1 is 1.45 bits per heavy atom. The Bertz CT molecular complexity index is 526. The van der Waals surface area contributed by atoms with Gasteiger partial charge in [-0.3, -0.25) is 0 Å². The summed E-state index contributed by atoms with van der Waals surface area (Å²) in [5, 5.41) is 0. The van der Waals surface area contributed by atoms with Crippen LogP contribution in [-0.4, -0.2) is 37.1 Å². The number of hydrogen-bond donors (Lipinski definition) is 0. The fourth-order valence-electron chi connectivity index (χ4n) is 2.27. The molecule has 4 nitrogen and oxygen atoms in total. The number of anilines is 1. The molecule has 1 fully saturated rings. The van der Waals surface area contributed by atoms with Crippen molar-refractivity contribution in [3.8, 4) is 0 Å². The molecule has 2 heterocycles. The van der Waals surface area contributed by atoms with E-state index < -0.39 is 11.9 Å². The van der Waals surface area contributed by atoms with Crippen LogP contribution in [-0.2, 0) is 4.74 Å². The number of esters is 1. The van der Waals surface area contributed by atoms with Gasteiger partial charge in [0.25, 0.3) is 0 Å². The third-order valence-electron chi connectivity index (χ3n) is 3.36. The van der Waals surface area contributed by atoms with Gasteiger partial charge in [-0.15, -0.1) is 0 Å². The average Bonchev–Trinajstić information content (AvgIpc) is 2.66. The summed E-state index contributed by atoms with van der Waals surface area (Å²) in [7, 11) is 1.26. The maximum absolute atomic E-state index is 13.5. The van der Waals surface area contributed by atoms with E-state index in [4.69, 9.17) is 6.11 Å². The van der Waals surface area contributed by atoms with Crippen LogP contribution in [0.3, 0.4) is 0 Å². The van der Waals surface area contributed by atoms with Crippen LogP contribution in [0.5, 0.6) is 0 Å². The first-order valence-electron chi connectivity index (χ1n) is 7.18. The first kappa shape index (κ1) is 13.3. The van der Waals surface area contributed by atoms with Gasteiger partial charge >= 0.3 is 5.97 Å². The summed E-state index contributed by atoms with van der Waals surface area (Å²) in [4.78, 5) is 17.8. The summed E-state index contributed by atoms with van der Waals surface area (Å²) in [6.07, 6.45) is -0.0873. The summed E-state index contributed by atoms with van der Waals surface area (Å²) >= 11 is 0. The molecule has 0 spiro atoms. The second-order valence-corrected chi connectivity index (χ2v) is 4.86. The highest BCUT2D eigenvalue weighted by Gasteiger charge is 2.33. The maximum atomic E-state index is 13.5. The van der Waals surface area contributed by atoms with Crippen molar-refractivity contribution >= 4 is 11.8 Å². The van der Waals surface area contributed by atoms with Crippen molar-refractivity contribution in [1.29, 1.82) is 0 Å². The van der Waals surface area contributed by atoms with Gasteiger partial charge in [0.1, 0.15) is 11.4 Å². The highest BCUT2D eigenvalue weighted by atomic mass is 19.3. The molecule has 0 saturated carbocycles.